The van der Waals surface area contributed by atoms with Crippen molar-refractivity contribution >= 4 is 22.5 Å². The van der Waals surface area contributed by atoms with Crippen LogP contribution in [0.1, 0.15) is 44.2 Å². The van der Waals surface area contributed by atoms with Crippen LogP contribution in [0.4, 0.5) is 5.69 Å². The Morgan fingerprint density at radius 1 is 1.17 bits per heavy atom. The molecule has 3 N–H and O–H groups in total. The van der Waals surface area contributed by atoms with Crippen molar-refractivity contribution in [2.45, 2.75) is 63.7 Å². The first-order valence-electron chi connectivity index (χ1n) is 10.9. The van der Waals surface area contributed by atoms with Crippen LogP contribution in [0.3, 0.4) is 0 Å². The number of hydrogen-bond acceptors (Lipinski definition) is 6. The van der Waals surface area contributed by atoms with Gasteiger partial charge in [0.1, 0.15) is 12.4 Å². The number of rotatable bonds is 6. The second-order valence-corrected chi connectivity index (χ2v) is 8.28. The van der Waals surface area contributed by atoms with Crippen LogP contribution in [-0.2, 0) is 14.3 Å². The van der Waals surface area contributed by atoms with Gasteiger partial charge in [0.2, 0.25) is 5.91 Å². The highest BCUT2D eigenvalue weighted by Crippen LogP contribution is 2.33. The number of hydrogen-bond donors (Lipinski definition) is 2. The molecule has 1 aromatic carbocycles. The van der Waals surface area contributed by atoms with Crippen molar-refractivity contribution in [2.24, 2.45) is 0 Å². The fraction of sp³-hybridized carbons (Fsp3) is 0.565. The number of aryl methyl sites for hydroxylation is 1. The second kappa shape index (κ2) is 9.62. The number of amides is 1. The van der Waals surface area contributed by atoms with Gasteiger partial charge in [0, 0.05) is 30.6 Å². The van der Waals surface area contributed by atoms with Gasteiger partial charge in [-0.3, -0.25) is 9.78 Å². The summed E-state index contributed by atoms with van der Waals surface area (Å²) >= 11 is 0. The quantitative estimate of drug-likeness (QED) is 0.755. The van der Waals surface area contributed by atoms with Crippen LogP contribution in [-0.4, -0.2) is 49.0 Å². The molecule has 0 radical (unpaired) electrons. The predicted molar refractivity (Wildman–Crippen MR) is 116 cm³/mol. The number of nitrogen functional groups attached to an aromatic ring is 1. The van der Waals surface area contributed by atoms with Crippen LogP contribution in [0.5, 0.6) is 5.75 Å². The summed E-state index contributed by atoms with van der Waals surface area (Å²) in [5.41, 5.74) is 8.68. The van der Waals surface area contributed by atoms with Crippen LogP contribution < -0.4 is 15.8 Å². The van der Waals surface area contributed by atoms with Gasteiger partial charge in [-0.2, -0.15) is 0 Å². The number of nitrogens with zero attached hydrogens (tertiary/aromatic N) is 1. The molecule has 1 amide bonds. The molecule has 30 heavy (non-hydrogen) atoms. The third kappa shape index (κ3) is 5.21. The molecule has 7 nitrogen and oxygen atoms in total. The lowest BCUT2D eigenvalue weighted by atomic mass is 9.93. The van der Waals surface area contributed by atoms with E-state index in [1.165, 1.54) is 0 Å². The maximum Gasteiger partial charge on any atom is 0.246 e. The van der Waals surface area contributed by atoms with E-state index in [4.69, 9.17) is 19.9 Å². The van der Waals surface area contributed by atoms with Crippen molar-refractivity contribution in [1.29, 1.82) is 0 Å². The first kappa shape index (κ1) is 20.9. The summed E-state index contributed by atoms with van der Waals surface area (Å²) in [6.07, 6.45) is 5.55. The van der Waals surface area contributed by atoms with Gasteiger partial charge < -0.3 is 25.3 Å². The molecule has 2 heterocycles. The highest BCUT2D eigenvalue weighted by molar-refractivity contribution is 5.95. The minimum Gasteiger partial charge on any atom is -0.490 e. The van der Waals surface area contributed by atoms with Crippen molar-refractivity contribution in [2.75, 3.05) is 25.6 Å². The Kier molecular flexibility index (Phi) is 6.69. The number of pyridine rings is 1. The molecule has 1 aliphatic heterocycles. The molecule has 1 saturated carbocycles. The molecule has 1 aromatic heterocycles. The molecule has 162 valence electrons. The molecule has 0 spiro atoms. The lowest BCUT2D eigenvalue weighted by molar-refractivity contribution is -0.130. The molecular formula is C23H31N3O4. The number of carbonyl (C=O) groups excluding carboxylic acids is 1. The molecule has 2 aliphatic rings. The van der Waals surface area contributed by atoms with Gasteiger partial charge in [0.05, 0.1) is 23.1 Å². The van der Waals surface area contributed by atoms with E-state index in [1.54, 1.807) is 0 Å². The Morgan fingerprint density at radius 3 is 2.70 bits per heavy atom. The third-order valence-corrected chi connectivity index (χ3v) is 5.91. The fourth-order valence-electron chi connectivity index (χ4n) is 4.33. The highest BCUT2D eigenvalue weighted by Gasteiger charge is 2.25. The monoisotopic (exact) mass is 413 g/mol. The molecule has 4 rings (SSSR count). The van der Waals surface area contributed by atoms with Gasteiger partial charge in [-0.1, -0.05) is 6.07 Å². The normalized spacial score (nSPS) is 22.7. The highest BCUT2D eigenvalue weighted by atomic mass is 16.5. The molecule has 0 unspecified atom stereocenters. The number of nitrogens with one attached hydrogen (secondary N) is 1. The Bertz CT molecular complexity index is 874. The van der Waals surface area contributed by atoms with Gasteiger partial charge in [-0.25, -0.2) is 0 Å². The SMILES string of the molecule is Cc1cc(N)c2c(O[C@H]3CC[C@H](NC(=O)COC4CCOCC4)CC3)cccc2n1. The maximum absolute atomic E-state index is 12.2. The van der Waals surface area contributed by atoms with Crippen LogP contribution >= 0.6 is 0 Å². The minimum absolute atomic E-state index is 0.0332. The first-order chi connectivity index (χ1) is 14.6. The van der Waals surface area contributed by atoms with Crippen LogP contribution in [0.25, 0.3) is 10.9 Å². The average Bonchev–Trinajstić information content (AvgIpc) is 2.74. The standard InChI is InChI=1S/C23H31N3O4/c1-15-13-19(24)23-20(25-15)3-2-4-21(23)30-18-7-5-16(6-8-18)26-22(27)14-29-17-9-11-28-12-10-17/h2-4,13,16-18H,5-12,14H2,1H3,(H2,24,25)(H,26,27)/t16-,18-. The Morgan fingerprint density at radius 2 is 1.93 bits per heavy atom. The third-order valence-electron chi connectivity index (χ3n) is 5.91. The summed E-state index contributed by atoms with van der Waals surface area (Å²) in [6, 6.07) is 7.92. The maximum atomic E-state index is 12.2. The van der Waals surface area contributed by atoms with E-state index in [9.17, 15) is 4.79 Å². The lowest BCUT2D eigenvalue weighted by Gasteiger charge is -2.30. The number of carbonyl (C=O) groups is 1. The summed E-state index contributed by atoms with van der Waals surface area (Å²) < 4.78 is 17.3. The van der Waals surface area contributed by atoms with E-state index in [-0.39, 0.29) is 30.8 Å². The number of nitrogens with two attached hydrogens (primary N) is 1. The second-order valence-electron chi connectivity index (χ2n) is 8.28. The minimum atomic E-state index is -0.0332. The number of aromatic nitrogens is 1. The van der Waals surface area contributed by atoms with Gasteiger partial charge in [-0.05, 0) is 63.6 Å². The van der Waals surface area contributed by atoms with E-state index >= 15 is 0 Å². The summed E-state index contributed by atoms with van der Waals surface area (Å²) in [6.45, 7) is 3.50. The van der Waals surface area contributed by atoms with Gasteiger partial charge in [0.15, 0.2) is 0 Å². The Labute approximate surface area is 177 Å². The number of anilines is 1. The zero-order chi connectivity index (χ0) is 20.9. The van der Waals surface area contributed by atoms with Crippen molar-refractivity contribution in [3.63, 3.8) is 0 Å². The van der Waals surface area contributed by atoms with Crippen LogP contribution in [0, 0.1) is 6.92 Å². The average molecular weight is 414 g/mol. The molecule has 1 aliphatic carbocycles. The van der Waals surface area contributed by atoms with E-state index < -0.39 is 0 Å². The van der Waals surface area contributed by atoms with Crippen LogP contribution in [0.2, 0.25) is 0 Å². The van der Waals surface area contributed by atoms with Gasteiger partial charge in [0.25, 0.3) is 0 Å². The summed E-state index contributed by atoms with van der Waals surface area (Å²) in [5.74, 6) is 0.754. The van der Waals surface area contributed by atoms with E-state index in [0.29, 0.717) is 18.9 Å². The molecule has 7 heteroatoms. The number of fused-ring (bicyclic) bond motifs is 1. The topological polar surface area (TPSA) is 95.7 Å². The Balaban J connectivity index is 1.26. The van der Waals surface area contributed by atoms with E-state index in [2.05, 4.69) is 10.3 Å². The van der Waals surface area contributed by atoms with Crippen LogP contribution in [0.15, 0.2) is 24.3 Å². The number of benzene rings is 1. The van der Waals surface area contributed by atoms with Crippen molar-refractivity contribution in [1.82, 2.24) is 10.3 Å². The smallest absolute Gasteiger partial charge is 0.246 e. The van der Waals surface area contributed by atoms with Gasteiger partial charge in [-0.15, -0.1) is 0 Å². The Hall–Kier alpha value is -2.38. The summed E-state index contributed by atoms with van der Waals surface area (Å²) in [7, 11) is 0. The summed E-state index contributed by atoms with van der Waals surface area (Å²) in [5, 5.41) is 3.99. The number of ether oxygens (including phenoxy) is 3. The van der Waals surface area contributed by atoms with Crippen molar-refractivity contribution in [3.8, 4) is 5.75 Å². The zero-order valence-corrected chi connectivity index (χ0v) is 17.6. The predicted octanol–water partition coefficient (Wildman–Crippen LogP) is 3.13. The first-order valence-corrected chi connectivity index (χ1v) is 10.9. The molecule has 0 bridgehead atoms. The van der Waals surface area contributed by atoms with Gasteiger partial charge >= 0.3 is 0 Å². The van der Waals surface area contributed by atoms with Crippen molar-refractivity contribution < 1.29 is 19.0 Å². The largest absolute Gasteiger partial charge is 0.490 e. The van der Waals surface area contributed by atoms with Crippen molar-refractivity contribution in [3.05, 3.63) is 30.0 Å². The molecule has 1 saturated heterocycles. The zero-order valence-electron chi connectivity index (χ0n) is 17.6. The molecule has 2 aromatic rings. The van der Waals surface area contributed by atoms with E-state index in [1.807, 2.05) is 31.2 Å². The fourth-order valence-corrected chi connectivity index (χ4v) is 4.33. The van der Waals surface area contributed by atoms with E-state index in [0.717, 1.165) is 60.9 Å². The summed E-state index contributed by atoms with van der Waals surface area (Å²) in [4.78, 5) is 16.8. The molecular weight excluding hydrogens is 382 g/mol. The molecule has 0 atom stereocenters. The molecule has 2 fully saturated rings. The lowest BCUT2D eigenvalue weighted by Crippen LogP contribution is -2.42.